The van der Waals surface area contributed by atoms with Gasteiger partial charge in [-0.25, -0.2) is 9.90 Å². The van der Waals surface area contributed by atoms with E-state index in [0.717, 1.165) is 7.11 Å². The molecule has 63 valence electrons. The maximum Gasteiger partial charge on any atom is 0.457 e. The van der Waals surface area contributed by atoms with Crippen molar-refractivity contribution in [1.82, 2.24) is 5.32 Å². The second-order valence-electron chi connectivity index (χ2n) is 1.48. The van der Waals surface area contributed by atoms with E-state index in [0.29, 0.717) is 0 Å². The molecule has 0 heterocycles. The van der Waals surface area contributed by atoms with E-state index in [4.69, 9.17) is 5.26 Å². The van der Waals surface area contributed by atoms with E-state index in [1.807, 2.05) is 0 Å². The Morgan fingerprint density at radius 3 is 2.50 bits per heavy atom. The van der Waals surface area contributed by atoms with Gasteiger partial charge in [0.05, 0.1) is 0 Å². The summed E-state index contributed by atoms with van der Waals surface area (Å²) in [6, 6.07) is 1.33. The van der Waals surface area contributed by atoms with Crippen LogP contribution in [0.3, 0.4) is 0 Å². The van der Waals surface area contributed by atoms with Gasteiger partial charge < -0.3 is 4.84 Å². The van der Waals surface area contributed by atoms with Gasteiger partial charge in [0.25, 0.3) is 5.91 Å². The van der Waals surface area contributed by atoms with Crippen molar-refractivity contribution in [2.24, 2.45) is 5.16 Å². The van der Waals surface area contributed by atoms with Crippen molar-refractivity contribution in [1.29, 1.82) is 5.26 Å². The summed E-state index contributed by atoms with van der Waals surface area (Å²) in [7, 11) is 1.11. The van der Waals surface area contributed by atoms with Crippen LogP contribution in [0.1, 0.15) is 0 Å². The minimum atomic E-state index is -1.81. The fourth-order valence-corrected chi connectivity index (χ4v) is 0.356. The van der Waals surface area contributed by atoms with Gasteiger partial charge in [0.1, 0.15) is 13.2 Å². The van der Waals surface area contributed by atoms with E-state index in [-0.39, 0.29) is 0 Å². The molecule has 0 saturated carbocycles. The van der Waals surface area contributed by atoms with E-state index < -0.39 is 17.7 Å². The van der Waals surface area contributed by atoms with Gasteiger partial charge in [-0.3, -0.25) is 10.1 Å². The molecule has 1 radical (unpaired) electrons. The topological polar surface area (TPSA) is 111 Å². The number of hydrogen-bond acceptors (Lipinski definition) is 5. The Kier molecular flexibility index (Phi) is 3.86. The number of carbonyl (C=O) groups excluding carboxylic acids is 2. The number of nitriles is 1. The first-order valence-corrected chi connectivity index (χ1v) is 2.65. The molecule has 0 spiro atoms. The second kappa shape index (κ2) is 4.68. The predicted octanol–water partition coefficient (Wildman–Crippen LogP) is -0.821. The van der Waals surface area contributed by atoms with E-state index in [1.54, 1.807) is 0 Å². The zero-order chi connectivity index (χ0) is 9.56. The van der Waals surface area contributed by atoms with Crippen molar-refractivity contribution in [2.45, 2.75) is 0 Å². The Balaban J connectivity index is 4.36. The molecule has 0 aromatic heterocycles. The molecule has 0 aromatic carbocycles. The summed E-state index contributed by atoms with van der Waals surface area (Å²) in [6.07, 6.45) is -1.81. The van der Waals surface area contributed by atoms with Gasteiger partial charge in [-0.15, -0.1) is 0 Å². The monoisotopic (exact) mass is 170 g/mol. The number of carbonyl (C=O) groups is 2. The molecule has 0 saturated heterocycles. The fraction of sp³-hybridized carbons (Fsp3) is 0.200. The smallest absolute Gasteiger partial charge is 0.398 e. The van der Waals surface area contributed by atoms with Gasteiger partial charge in [-0.05, 0) is 0 Å². The third-order valence-electron chi connectivity index (χ3n) is 0.719. The van der Waals surface area contributed by atoms with Crippen LogP contribution in [0.15, 0.2) is 5.16 Å². The lowest BCUT2D eigenvalue weighted by atomic mass is 10.4. The number of nitrogens with zero attached hydrogens (tertiary/aromatic N) is 2. The van der Waals surface area contributed by atoms with Gasteiger partial charge in [0.2, 0.25) is 5.71 Å². The van der Waals surface area contributed by atoms with Crippen molar-refractivity contribution < 1.29 is 19.5 Å². The predicted molar refractivity (Wildman–Crippen MR) is 34.3 cm³/mol. The largest absolute Gasteiger partial charge is 0.457 e. The molecular formula is C5H4N3O4. The van der Waals surface area contributed by atoms with Gasteiger partial charge in [-0.2, -0.15) is 5.26 Å². The molecule has 0 bridgehead atoms. The highest BCUT2D eigenvalue weighted by molar-refractivity contribution is 6.46. The van der Waals surface area contributed by atoms with Crippen LogP contribution in [-0.4, -0.2) is 24.8 Å². The van der Waals surface area contributed by atoms with Gasteiger partial charge in [-0.1, -0.05) is 5.16 Å². The van der Waals surface area contributed by atoms with Crippen LogP contribution in [0.5, 0.6) is 0 Å². The lowest BCUT2D eigenvalue weighted by Gasteiger charge is -1.93. The van der Waals surface area contributed by atoms with E-state index in [9.17, 15) is 14.7 Å². The van der Waals surface area contributed by atoms with Crippen LogP contribution in [0.2, 0.25) is 0 Å². The summed E-state index contributed by atoms with van der Waals surface area (Å²) in [4.78, 5) is 24.5. The Bertz CT molecular complexity index is 264. The lowest BCUT2D eigenvalue weighted by molar-refractivity contribution is -0.114. The van der Waals surface area contributed by atoms with Gasteiger partial charge in [0, 0.05) is 0 Å². The van der Waals surface area contributed by atoms with Crippen LogP contribution >= 0.6 is 0 Å². The molecule has 0 rings (SSSR count). The molecule has 7 heteroatoms. The quantitative estimate of drug-likeness (QED) is 0.430. The summed E-state index contributed by atoms with van der Waals surface area (Å²) in [5.74, 6) is -1.18. The molecule has 0 atom stereocenters. The van der Waals surface area contributed by atoms with Crippen molar-refractivity contribution in [3.8, 4) is 6.07 Å². The average Bonchev–Trinajstić information content (AvgIpc) is 1.98. The summed E-state index contributed by atoms with van der Waals surface area (Å²) in [5.41, 5.74) is -0.693. The van der Waals surface area contributed by atoms with Crippen LogP contribution in [0, 0.1) is 11.3 Å². The van der Waals surface area contributed by atoms with Crippen molar-refractivity contribution >= 4 is 17.7 Å². The molecule has 0 aromatic rings. The normalized spacial score (nSPS) is 9.83. The van der Waals surface area contributed by atoms with Crippen molar-refractivity contribution in [2.75, 3.05) is 7.11 Å². The minimum Gasteiger partial charge on any atom is -0.398 e. The van der Waals surface area contributed by atoms with Crippen molar-refractivity contribution in [3.05, 3.63) is 0 Å². The molecule has 0 unspecified atom stereocenters. The number of oxime groups is 1. The van der Waals surface area contributed by atoms with Crippen LogP contribution < -0.4 is 5.32 Å². The Labute approximate surface area is 67.2 Å². The summed E-state index contributed by atoms with van der Waals surface area (Å²) >= 11 is 0. The number of nitrogens with one attached hydrogen (secondary N) is 1. The Morgan fingerprint density at radius 1 is 1.58 bits per heavy atom. The SMILES string of the molecule is CON=C(C#N)C(=O)NC([O])=O. The first kappa shape index (κ1) is 9.90. The highest BCUT2D eigenvalue weighted by Crippen LogP contribution is 1.79. The minimum absolute atomic E-state index is 0.693. The van der Waals surface area contributed by atoms with E-state index in [1.165, 1.54) is 11.4 Å². The average molecular weight is 170 g/mol. The molecule has 0 fully saturated rings. The molecule has 0 aliphatic rings. The maximum atomic E-state index is 10.6. The first-order chi connectivity index (χ1) is 5.61. The number of amides is 2. The molecular weight excluding hydrogens is 166 g/mol. The highest BCUT2D eigenvalue weighted by atomic mass is 16.6. The standard InChI is InChI=1S/C5H4N3O4/c1-12-8-3(2-6)4(9)7-5(10)11/h1H3,(H,7,9). The zero-order valence-corrected chi connectivity index (χ0v) is 6.03. The zero-order valence-electron chi connectivity index (χ0n) is 6.03. The molecule has 0 aliphatic heterocycles. The molecule has 7 nitrogen and oxygen atoms in total. The van der Waals surface area contributed by atoms with Gasteiger partial charge >= 0.3 is 6.09 Å². The molecule has 0 aliphatic carbocycles. The number of imide groups is 1. The first-order valence-electron chi connectivity index (χ1n) is 2.65. The Morgan fingerprint density at radius 2 is 2.17 bits per heavy atom. The molecule has 2 amide bonds. The summed E-state index contributed by atoms with van der Waals surface area (Å²) in [6.45, 7) is 0. The second-order valence-corrected chi connectivity index (χ2v) is 1.48. The van der Waals surface area contributed by atoms with E-state index >= 15 is 0 Å². The highest BCUT2D eigenvalue weighted by Gasteiger charge is 2.14. The van der Waals surface area contributed by atoms with Crippen molar-refractivity contribution in [3.63, 3.8) is 0 Å². The van der Waals surface area contributed by atoms with E-state index in [2.05, 4.69) is 9.99 Å². The van der Waals surface area contributed by atoms with Crippen LogP contribution in [-0.2, 0) is 14.7 Å². The summed E-state index contributed by atoms with van der Waals surface area (Å²) < 4.78 is 0. The molecule has 12 heavy (non-hydrogen) atoms. The van der Waals surface area contributed by atoms with Gasteiger partial charge in [0.15, 0.2) is 0 Å². The Hall–Kier alpha value is -2.10. The number of rotatable bonds is 2. The van der Waals surface area contributed by atoms with Crippen LogP contribution in [0.25, 0.3) is 0 Å². The third-order valence-corrected chi connectivity index (χ3v) is 0.719. The maximum absolute atomic E-state index is 10.6. The summed E-state index contributed by atoms with van der Waals surface area (Å²) in [5, 5.41) is 22.3. The lowest BCUT2D eigenvalue weighted by Crippen LogP contribution is -2.33. The number of hydrogen-bond donors (Lipinski definition) is 1. The third kappa shape index (κ3) is 3.17. The molecule has 1 N–H and O–H groups in total. The fourth-order valence-electron chi connectivity index (χ4n) is 0.356. The van der Waals surface area contributed by atoms with Crippen LogP contribution in [0.4, 0.5) is 4.79 Å².